The zero-order chi connectivity index (χ0) is 27.4. The van der Waals surface area contributed by atoms with Gasteiger partial charge >= 0.3 is 0 Å². The molecule has 0 atom stereocenters. The third-order valence-electron chi connectivity index (χ3n) is 7.00. The highest BCUT2D eigenvalue weighted by molar-refractivity contribution is 7.89. The van der Waals surface area contributed by atoms with Crippen LogP contribution in [0.5, 0.6) is 5.75 Å². The SMILES string of the molecule is COc1cccc(CNC(=O)C2CCN(S(=O)(=O)c3c(C)noc3C=Cc3c(C)cc(C)cc3C)CC2)c1. The van der Waals surface area contributed by atoms with Gasteiger partial charge in [0.1, 0.15) is 11.4 Å². The minimum atomic E-state index is -3.84. The molecule has 1 amide bonds. The molecule has 0 radical (unpaired) electrons. The molecule has 38 heavy (non-hydrogen) atoms. The van der Waals surface area contributed by atoms with E-state index in [1.54, 1.807) is 20.1 Å². The van der Waals surface area contributed by atoms with Gasteiger partial charge < -0.3 is 14.6 Å². The van der Waals surface area contributed by atoms with E-state index in [1.807, 2.05) is 51.1 Å². The molecule has 8 nitrogen and oxygen atoms in total. The van der Waals surface area contributed by atoms with Crippen LogP contribution in [0.2, 0.25) is 0 Å². The molecule has 0 bridgehead atoms. The van der Waals surface area contributed by atoms with Gasteiger partial charge in [-0.1, -0.05) is 41.1 Å². The molecule has 3 aromatic rings. The number of hydrogen-bond donors (Lipinski definition) is 1. The summed E-state index contributed by atoms with van der Waals surface area (Å²) in [7, 11) is -2.24. The van der Waals surface area contributed by atoms with Crippen molar-refractivity contribution in [1.82, 2.24) is 14.8 Å². The maximum Gasteiger partial charge on any atom is 0.248 e. The van der Waals surface area contributed by atoms with Crippen molar-refractivity contribution in [3.63, 3.8) is 0 Å². The van der Waals surface area contributed by atoms with Crippen molar-refractivity contribution >= 4 is 28.1 Å². The molecule has 0 saturated carbocycles. The summed E-state index contributed by atoms with van der Waals surface area (Å²) in [6, 6.07) is 11.7. The second-order valence-electron chi connectivity index (χ2n) is 9.85. The van der Waals surface area contributed by atoms with Gasteiger partial charge in [0.25, 0.3) is 0 Å². The predicted molar refractivity (Wildman–Crippen MR) is 147 cm³/mol. The fourth-order valence-electron chi connectivity index (χ4n) is 5.02. The Labute approximate surface area is 224 Å². The van der Waals surface area contributed by atoms with Gasteiger partial charge in [-0.3, -0.25) is 4.79 Å². The van der Waals surface area contributed by atoms with Crippen molar-refractivity contribution in [3.8, 4) is 5.75 Å². The second kappa shape index (κ2) is 11.5. The Kier molecular flexibility index (Phi) is 8.38. The number of aryl methyl sites for hydroxylation is 4. The van der Waals surface area contributed by atoms with Crippen LogP contribution in [0.15, 0.2) is 45.8 Å². The summed E-state index contributed by atoms with van der Waals surface area (Å²) in [4.78, 5) is 12.9. The molecule has 2 heterocycles. The monoisotopic (exact) mass is 537 g/mol. The number of benzene rings is 2. The number of methoxy groups -OCH3 is 1. The predicted octanol–water partition coefficient (Wildman–Crippen LogP) is 4.80. The summed E-state index contributed by atoms with van der Waals surface area (Å²) < 4.78 is 39.3. The third-order valence-corrected chi connectivity index (χ3v) is 9.05. The molecular weight excluding hydrogens is 502 g/mol. The lowest BCUT2D eigenvalue weighted by Gasteiger charge is -2.30. The first kappa shape index (κ1) is 27.6. The van der Waals surface area contributed by atoms with Crippen LogP contribution < -0.4 is 10.1 Å². The Morgan fingerprint density at radius 3 is 2.45 bits per heavy atom. The Balaban J connectivity index is 1.42. The van der Waals surface area contributed by atoms with Gasteiger partial charge in [0.15, 0.2) is 10.7 Å². The minimum absolute atomic E-state index is 0.0708. The molecule has 0 unspecified atom stereocenters. The van der Waals surface area contributed by atoms with Gasteiger partial charge in [0, 0.05) is 25.6 Å². The first-order chi connectivity index (χ1) is 18.1. The quantitative estimate of drug-likeness (QED) is 0.443. The fraction of sp³-hybridized carbons (Fsp3) is 0.379. The van der Waals surface area contributed by atoms with Crippen LogP contribution in [-0.2, 0) is 21.4 Å². The molecule has 4 rings (SSSR count). The van der Waals surface area contributed by atoms with E-state index in [2.05, 4.69) is 22.6 Å². The van der Waals surface area contributed by atoms with E-state index in [0.717, 1.165) is 28.0 Å². The van der Waals surface area contributed by atoms with Gasteiger partial charge in [-0.25, -0.2) is 8.42 Å². The van der Waals surface area contributed by atoms with Crippen molar-refractivity contribution in [2.24, 2.45) is 5.92 Å². The zero-order valence-corrected chi connectivity index (χ0v) is 23.4. The highest BCUT2D eigenvalue weighted by Crippen LogP contribution is 2.30. The summed E-state index contributed by atoms with van der Waals surface area (Å²) in [5.41, 5.74) is 5.66. The molecule has 1 aliphatic heterocycles. The van der Waals surface area contributed by atoms with Gasteiger partial charge in [0.2, 0.25) is 15.9 Å². The topological polar surface area (TPSA) is 102 Å². The molecule has 2 aromatic carbocycles. The average molecular weight is 538 g/mol. The fourth-order valence-corrected chi connectivity index (χ4v) is 6.74. The number of ether oxygens (including phenoxy) is 1. The van der Waals surface area contributed by atoms with Crippen LogP contribution in [0, 0.1) is 33.6 Å². The van der Waals surface area contributed by atoms with Crippen molar-refractivity contribution in [1.29, 1.82) is 0 Å². The largest absolute Gasteiger partial charge is 0.497 e. The van der Waals surface area contributed by atoms with Crippen LogP contribution >= 0.6 is 0 Å². The molecular formula is C29H35N3O5S. The maximum atomic E-state index is 13.6. The lowest BCUT2D eigenvalue weighted by molar-refractivity contribution is -0.126. The number of nitrogens with one attached hydrogen (secondary N) is 1. The molecule has 0 aliphatic carbocycles. The van der Waals surface area contributed by atoms with Crippen molar-refractivity contribution < 1.29 is 22.5 Å². The number of carbonyl (C=O) groups is 1. The Hall–Kier alpha value is -3.43. The molecule has 1 fully saturated rings. The van der Waals surface area contributed by atoms with E-state index < -0.39 is 10.0 Å². The standard InChI is InChI=1S/C29H35N3O5S/c1-19-15-20(2)26(21(3)16-19)9-10-27-28(22(4)31-37-27)38(34,35)32-13-11-24(12-14-32)29(33)30-18-23-7-6-8-25(17-23)36-5/h6-10,15-17,24H,11-14,18H2,1-5H3,(H,30,33). The summed E-state index contributed by atoms with van der Waals surface area (Å²) in [6.07, 6.45) is 4.44. The molecule has 0 spiro atoms. The first-order valence-corrected chi connectivity index (χ1v) is 14.2. The molecule has 1 aromatic heterocycles. The van der Waals surface area contributed by atoms with Crippen LogP contribution in [0.25, 0.3) is 12.2 Å². The summed E-state index contributed by atoms with van der Waals surface area (Å²) >= 11 is 0. The number of carbonyl (C=O) groups excluding carboxylic acids is 1. The van der Waals surface area contributed by atoms with E-state index in [-0.39, 0.29) is 35.6 Å². The number of hydrogen-bond acceptors (Lipinski definition) is 6. The van der Waals surface area contributed by atoms with Gasteiger partial charge in [0.05, 0.1) is 7.11 Å². The normalized spacial score (nSPS) is 15.2. The number of sulfonamides is 1. The molecule has 1 saturated heterocycles. The summed E-state index contributed by atoms with van der Waals surface area (Å²) in [6.45, 7) is 8.64. The Morgan fingerprint density at radius 1 is 1.11 bits per heavy atom. The van der Waals surface area contributed by atoms with Crippen molar-refractivity contribution in [2.45, 2.75) is 52.0 Å². The van der Waals surface area contributed by atoms with E-state index in [4.69, 9.17) is 9.26 Å². The van der Waals surface area contributed by atoms with E-state index in [0.29, 0.717) is 25.1 Å². The molecule has 1 aliphatic rings. The van der Waals surface area contributed by atoms with E-state index in [9.17, 15) is 13.2 Å². The summed E-state index contributed by atoms with van der Waals surface area (Å²) in [5.74, 6) is 0.624. The van der Waals surface area contributed by atoms with Crippen LogP contribution in [0.3, 0.4) is 0 Å². The van der Waals surface area contributed by atoms with Crippen molar-refractivity contribution in [2.75, 3.05) is 20.2 Å². The van der Waals surface area contributed by atoms with Crippen LogP contribution in [0.4, 0.5) is 0 Å². The van der Waals surface area contributed by atoms with Gasteiger partial charge in [-0.2, -0.15) is 4.31 Å². The number of piperidine rings is 1. The average Bonchev–Trinajstić information content (AvgIpc) is 3.27. The minimum Gasteiger partial charge on any atom is -0.497 e. The first-order valence-electron chi connectivity index (χ1n) is 12.7. The number of aromatic nitrogens is 1. The lowest BCUT2D eigenvalue weighted by Crippen LogP contribution is -2.43. The smallest absolute Gasteiger partial charge is 0.248 e. The number of nitrogens with zero attached hydrogens (tertiary/aromatic N) is 2. The molecule has 1 N–H and O–H groups in total. The van der Waals surface area contributed by atoms with Gasteiger partial charge in [-0.15, -0.1) is 0 Å². The number of amides is 1. The third kappa shape index (κ3) is 6.00. The highest BCUT2D eigenvalue weighted by Gasteiger charge is 2.35. The Bertz CT molecular complexity index is 1430. The van der Waals surface area contributed by atoms with E-state index >= 15 is 0 Å². The second-order valence-corrected chi connectivity index (χ2v) is 11.7. The maximum absolute atomic E-state index is 13.6. The molecule has 202 valence electrons. The molecule has 9 heteroatoms. The van der Waals surface area contributed by atoms with E-state index in [1.165, 1.54) is 9.87 Å². The summed E-state index contributed by atoms with van der Waals surface area (Å²) in [5, 5.41) is 6.92. The zero-order valence-electron chi connectivity index (χ0n) is 22.6. The number of rotatable bonds is 8. The van der Waals surface area contributed by atoms with Gasteiger partial charge in [-0.05, 0) is 81.0 Å². The lowest BCUT2D eigenvalue weighted by atomic mass is 9.97. The Morgan fingerprint density at radius 2 is 1.79 bits per heavy atom. The van der Waals surface area contributed by atoms with Crippen molar-refractivity contribution in [3.05, 3.63) is 75.7 Å². The van der Waals surface area contributed by atoms with Crippen LogP contribution in [0.1, 0.15) is 52.1 Å². The highest BCUT2D eigenvalue weighted by atomic mass is 32.2. The van der Waals surface area contributed by atoms with Crippen LogP contribution in [-0.4, -0.2) is 44.0 Å².